The van der Waals surface area contributed by atoms with E-state index in [1.807, 2.05) is 0 Å². The van der Waals surface area contributed by atoms with Crippen molar-refractivity contribution in [3.05, 3.63) is 0 Å². The Morgan fingerprint density at radius 3 is 1.43 bits per heavy atom. The van der Waals surface area contributed by atoms with Crippen LogP contribution in [0, 0.1) is 0 Å². The lowest BCUT2D eigenvalue weighted by atomic mass is 10.3. The van der Waals surface area contributed by atoms with Crippen molar-refractivity contribution in [3.8, 4) is 0 Å². The Morgan fingerprint density at radius 1 is 0.857 bits per heavy atom. The van der Waals surface area contributed by atoms with E-state index in [1.165, 1.54) is 0 Å². The van der Waals surface area contributed by atoms with E-state index in [9.17, 15) is 0 Å². The van der Waals surface area contributed by atoms with Gasteiger partial charge in [0.2, 0.25) is 0 Å². The van der Waals surface area contributed by atoms with Crippen LogP contribution in [0.1, 0.15) is 12.8 Å². The van der Waals surface area contributed by atoms with Gasteiger partial charge >= 0.3 is 23.1 Å². The molecule has 2 nitrogen and oxygen atoms in total. The fourth-order valence-electron chi connectivity index (χ4n) is 0.440. The van der Waals surface area contributed by atoms with E-state index in [2.05, 4.69) is 9.78 Å². The molecule has 0 N–H and O–H groups in total. The SMILES string of the molecule is C1CCOOC1.[MgH2]. The largest absolute Gasteiger partial charge is 0.316 e. The minimum Gasteiger partial charge on any atom is -0.237 e. The van der Waals surface area contributed by atoms with Crippen LogP contribution >= 0.6 is 0 Å². The molecule has 1 aliphatic rings. The Labute approximate surface area is 59.3 Å². The molecule has 0 aromatic rings. The van der Waals surface area contributed by atoms with Crippen molar-refractivity contribution >= 4 is 23.1 Å². The molecule has 7 heavy (non-hydrogen) atoms. The van der Waals surface area contributed by atoms with Gasteiger partial charge in [-0.3, -0.25) is 0 Å². The highest BCUT2D eigenvalue weighted by Crippen LogP contribution is 1.97. The van der Waals surface area contributed by atoms with E-state index in [0.717, 1.165) is 26.1 Å². The van der Waals surface area contributed by atoms with Crippen molar-refractivity contribution < 1.29 is 9.78 Å². The smallest absolute Gasteiger partial charge is 0.237 e. The lowest BCUT2D eigenvalue weighted by Gasteiger charge is -2.07. The fraction of sp³-hybridized carbons (Fsp3) is 1.00. The Hall–Kier alpha value is 0.686. The van der Waals surface area contributed by atoms with Crippen LogP contribution < -0.4 is 0 Å². The Kier molecular flexibility index (Phi) is 5.31. The maximum atomic E-state index is 4.57. The van der Waals surface area contributed by atoms with Gasteiger partial charge in [0.15, 0.2) is 0 Å². The summed E-state index contributed by atoms with van der Waals surface area (Å²) in [4.78, 5) is 9.14. The molecule has 0 spiro atoms. The summed E-state index contributed by atoms with van der Waals surface area (Å²) >= 11 is 0. The van der Waals surface area contributed by atoms with Gasteiger partial charge in [0.1, 0.15) is 0 Å². The molecule has 0 saturated carbocycles. The topological polar surface area (TPSA) is 18.5 Å². The average Bonchev–Trinajstić information content (AvgIpc) is 1.72. The molecule has 0 atom stereocenters. The van der Waals surface area contributed by atoms with Gasteiger partial charge < -0.3 is 0 Å². The van der Waals surface area contributed by atoms with Crippen LogP contribution in [0.25, 0.3) is 0 Å². The normalized spacial score (nSPS) is 20.6. The Balaban J connectivity index is 0.000000360. The van der Waals surface area contributed by atoms with Gasteiger partial charge in [-0.05, 0) is 12.8 Å². The summed E-state index contributed by atoms with van der Waals surface area (Å²) in [7, 11) is 0. The van der Waals surface area contributed by atoms with E-state index >= 15 is 0 Å². The standard InChI is InChI=1S/C4H8O2.Mg.2H/c1-2-4-6-5-3-1;;;/h1-4H2;;;. The van der Waals surface area contributed by atoms with Crippen LogP contribution in [0.3, 0.4) is 0 Å². The maximum absolute atomic E-state index is 4.57. The molecule has 0 aromatic carbocycles. The first-order valence-electron chi connectivity index (χ1n) is 2.24. The molecule has 3 heteroatoms. The van der Waals surface area contributed by atoms with Crippen LogP contribution in [0.5, 0.6) is 0 Å². The summed E-state index contributed by atoms with van der Waals surface area (Å²) in [6.07, 6.45) is 2.31. The van der Waals surface area contributed by atoms with Gasteiger partial charge in [0, 0.05) is 0 Å². The molecule has 0 amide bonds. The van der Waals surface area contributed by atoms with Gasteiger partial charge in [-0.2, -0.15) is 0 Å². The van der Waals surface area contributed by atoms with E-state index in [4.69, 9.17) is 0 Å². The maximum Gasteiger partial charge on any atom is 0.316 e. The molecule has 1 aliphatic heterocycles. The third-order valence-electron chi connectivity index (χ3n) is 0.789. The predicted octanol–water partition coefficient (Wildman–Crippen LogP) is -0.188. The summed E-state index contributed by atoms with van der Waals surface area (Å²) < 4.78 is 0. The lowest BCUT2D eigenvalue weighted by molar-refractivity contribution is -0.312. The zero-order chi connectivity index (χ0) is 4.24. The highest BCUT2D eigenvalue weighted by atomic mass is 24.3. The molecule has 40 valence electrons. The van der Waals surface area contributed by atoms with Gasteiger partial charge in [-0.15, -0.1) is 0 Å². The third kappa shape index (κ3) is 3.28. The van der Waals surface area contributed by atoms with Crippen LogP contribution in [0.4, 0.5) is 0 Å². The minimum atomic E-state index is 0. The van der Waals surface area contributed by atoms with Crippen molar-refractivity contribution in [2.45, 2.75) is 12.8 Å². The van der Waals surface area contributed by atoms with Crippen molar-refractivity contribution in [3.63, 3.8) is 0 Å². The summed E-state index contributed by atoms with van der Waals surface area (Å²) in [5, 5.41) is 0. The zero-order valence-electron chi connectivity index (χ0n) is 3.64. The zero-order valence-corrected chi connectivity index (χ0v) is 3.64. The fourth-order valence-corrected chi connectivity index (χ4v) is 0.440. The van der Waals surface area contributed by atoms with Crippen molar-refractivity contribution in [1.29, 1.82) is 0 Å². The quantitative estimate of drug-likeness (QED) is 0.321. The molecular formula is C4H10MgO2. The first kappa shape index (κ1) is 7.69. The van der Waals surface area contributed by atoms with Gasteiger partial charge in [-0.25, -0.2) is 9.78 Å². The molecule has 1 heterocycles. The molecule has 1 rings (SSSR count). The van der Waals surface area contributed by atoms with Gasteiger partial charge in [-0.1, -0.05) is 0 Å². The molecule has 0 radical (unpaired) electrons. The lowest BCUT2D eigenvalue weighted by Crippen LogP contribution is -2.05. The molecule has 0 aliphatic carbocycles. The molecular weight excluding hydrogens is 104 g/mol. The average molecular weight is 114 g/mol. The number of hydrogen-bond donors (Lipinski definition) is 0. The van der Waals surface area contributed by atoms with Crippen molar-refractivity contribution in [2.75, 3.05) is 13.2 Å². The third-order valence-corrected chi connectivity index (χ3v) is 0.789. The van der Waals surface area contributed by atoms with Crippen molar-refractivity contribution in [2.24, 2.45) is 0 Å². The highest BCUT2D eigenvalue weighted by Gasteiger charge is 1.95. The highest BCUT2D eigenvalue weighted by molar-refractivity contribution is 5.75. The van der Waals surface area contributed by atoms with Gasteiger partial charge in [0.25, 0.3) is 0 Å². The van der Waals surface area contributed by atoms with Crippen LogP contribution in [-0.2, 0) is 9.78 Å². The second-order valence-corrected chi connectivity index (χ2v) is 1.35. The van der Waals surface area contributed by atoms with Crippen LogP contribution in [0.15, 0.2) is 0 Å². The minimum absolute atomic E-state index is 0. The monoisotopic (exact) mass is 114 g/mol. The van der Waals surface area contributed by atoms with E-state index < -0.39 is 0 Å². The van der Waals surface area contributed by atoms with E-state index in [0.29, 0.717) is 0 Å². The molecule has 0 bridgehead atoms. The Bertz CT molecular complexity index is 25.2. The molecule has 0 unspecified atom stereocenters. The van der Waals surface area contributed by atoms with Gasteiger partial charge in [0.05, 0.1) is 13.2 Å². The summed E-state index contributed by atoms with van der Waals surface area (Å²) in [5.74, 6) is 0. The van der Waals surface area contributed by atoms with E-state index in [1.54, 1.807) is 0 Å². The van der Waals surface area contributed by atoms with Crippen molar-refractivity contribution in [1.82, 2.24) is 0 Å². The second kappa shape index (κ2) is 4.84. The predicted molar refractivity (Wildman–Crippen MR) is 29.7 cm³/mol. The van der Waals surface area contributed by atoms with Crippen LogP contribution in [0.2, 0.25) is 0 Å². The summed E-state index contributed by atoms with van der Waals surface area (Å²) in [5.41, 5.74) is 0. The summed E-state index contributed by atoms with van der Waals surface area (Å²) in [6, 6.07) is 0. The molecule has 1 saturated heterocycles. The first-order chi connectivity index (χ1) is 3.00. The first-order valence-corrected chi connectivity index (χ1v) is 2.24. The summed E-state index contributed by atoms with van der Waals surface area (Å²) in [6.45, 7) is 1.56. The number of hydrogen-bond acceptors (Lipinski definition) is 2. The second-order valence-electron chi connectivity index (χ2n) is 1.35. The Morgan fingerprint density at radius 2 is 1.29 bits per heavy atom. The van der Waals surface area contributed by atoms with Crippen LogP contribution in [-0.4, -0.2) is 36.3 Å². The molecule has 1 fully saturated rings. The molecule has 0 aromatic heterocycles. The van der Waals surface area contributed by atoms with E-state index in [-0.39, 0.29) is 23.1 Å². The number of rotatable bonds is 0.